The number of hydrogen-bond acceptors (Lipinski definition) is 4. The fourth-order valence-electron chi connectivity index (χ4n) is 1.67. The van der Waals surface area contributed by atoms with Crippen molar-refractivity contribution in [2.75, 3.05) is 13.7 Å². The molecule has 0 bridgehead atoms. The third-order valence-corrected chi connectivity index (χ3v) is 2.60. The van der Waals surface area contributed by atoms with Gasteiger partial charge in [-0.15, -0.1) is 0 Å². The molecule has 1 aliphatic rings. The highest BCUT2D eigenvalue weighted by molar-refractivity contribution is 6.00. The number of benzene rings is 1. The van der Waals surface area contributed by atoms with Gasteiger partial charge in [0.15, 0.2) is 5.78 Å². The summed E-state index contributed by atoms with van der Waals surface area (Å²) in [5.41, 5.74) is 0.587. The Hall–Kier alpha value is -1.84. The minimum Gasteiger partial charge on any atom is -0.497 e. The van der Waals surface area contributed by atoms with Crippen LogP contribution in [0.2, 0.25) is 0 Å². The van der Waals surface area contributed by atoms with Crippen LogP contribution >= 0.6 is 0 Å². The maximum atomic E-state index is 11.9. The summed E-state index contributed by atoms with van der Waals surface area (Å²) >= 11 is 0. The molecule has 4 nitrogen and oxygen atoms in total. The molecule has 0 N–H and O–H groups in total. The predicted molar refractivity (Wildman–Crippen MR) is 56.4 cm³/mol. The number of ether oxygens (including phenoxy) is 2. The van der Waals surface area contributed by atoms with Crippen LogP contribution in [-0.4, -0.2) is 25.5 Å². The van der Waals surface area contributed by atoms with Gasteiger partial charge in [-0.3, -0.25) is 9.59 Å². The van der Waals surface area contributed by atoms with E-state index in [-0.39, 0.29) is 30.7 Å². The largest absolute Gasteiger partial charge is 0.497 e. The summed E-state index contributed by atoms with van der Waals surface area (Å²) in [5, 5.41) is 0. The van der Waals surface area contributed by atoms with Crippen molar-refractivity contribution in [3.63, 3.8) is 0 Å². The van der Waals surface area contributed by atoms with Gasteiger partial charge < -0.3 is 9.47 Å². The lowest BCUT2D eigenvalue weighted by molar-refractivity contribution is -0.137. The van der Waals surface area contributed by atoms with Gasteiger partial charge in [0.05, 0.1) is 19.4 Å². The molecular formula is C12H12O4. The zero-order valence-electron chi connectivity index (χ0n) is 8.93. The number of rotatable bonds is 3. The summed E-state index contributed by atoms with van der Waals surface area (Å²) in [7, 11) is 1.57. The van der Waals surface area contributed by atoms with Crippen LogP contribution in [0.15, 0.2) is 24.3 Å². The molecular weight excluding hydrogens is 208 g/mol. The van der Waals surface area contributed by atoms with Gasteiger partial charge in [-0.05, 0) is 24.3 Å². The summed E-state index contributed by atoms with van der Waals surface area (Å²) < 4.78 is 9.77. The molecule has 0 saturated carbocycles. The molecule has 1 aromatic carbocycles. The number of carbonyl (C=O) groups excluding carboxylic acids is 2. The predicted octanol–water partition coefficient (Wildman–Crippen LogP) is 1.44. The van der Waals surface area contributed by atoms with E-state index in [1.807, 2.05) is 0 Å². The van der Waals surface area contributed by atoms with Crippen LogP contribution in [0.1, 0.15) is 16.8 Å². The number of methoxy groups -OCH3 is 1. The van der Waals surface area contributed by atoms with Crippen molar-refractivity contribution in [2.45, 2.75) is 6.42 Å². The minimum atomic E-state index is -0.333. The first-order valence-corrected chi connectivity index (χ1v) is 5.04. The van der Waals surface area contributed by atoms with E-state index in [0.29, 0.717) is 11.3 Å². The SMILES string of the molecule is COc1ccc(C(=O)[C@@H]2COC(=O)C2)cc1. The van der Waals surface area contributed by atoms with E-state index in [1.54, 1.807) is 31.4 Å². The number of carbonyl (C=O) groups is 2. The van der Waals surface area contributed by atoms with E-state index < -0.39 is 0 Å². The molecule has 1 aliphatic heterocycles. The van der Waals surface area contributed by atoms with Crippen molar-refractivity contribution >= 4 is 11.8 Å². The molecule has 0 unspecified atom stereocenters. The lowest BCUT2D eigenvalue weighted by atomic mass is 9.97. The Morgan fingerprint density at radius 3 is 2.56 bits per heavy atom. The average molecular weight is 220 g/mol. The Bertz CT molecular complexity index is 408. The second-order valence-corrected chi connectivity index (χ2v) is 3.68. The second kappa shape index (κ2) is 4.35. The summed E-state index contributed by atoms with van der Waals surface area (Å²) in [6.07, 6.45) is 0.185. The molecule has 0 aromatic heterocycles. The molecule has 1 aromatic rings. The van der Waals surface area contributed by atoms with Crippen LogP contribution < -0.4 is 4.74 Å². The normalized spacial score (nSPS) is 19.3. The average Bonchev–Trinajstić information content (AvgIpc) is 2.75. The molecule has 1 atom stereocenters. The Morgan fingerprint density at radius 1 is 1.38 bits per heavy atom. The molecule has 4 heteroatoms. The van der Waals surface area contributed by atoms with Crippen LogP contribution in [0.4, 0.5) is 0 Å². The van der Waals surface area contributed by atoms with E-state index in [2.05, 4.69) is 0 Å². The van der Waals surface area contributed by atoms with E-state index in [9.17, 15) is 9.59 Å². The molecule has 1 fully saturated rings. The van der Waals surface area contributed by atoms with Crippen molar-refractivity contribution < 1.29 is 19.1 Å². The third kappa shape index (κ3) is 2.05. The third-order valence-electron chi connectivity index (χ3n) is 2.60. The van der Waals surface area contributed by atoms with Gasteiger partial charge in [0.2, 0.25) is 0 Å². The summed E-state index contributed by atoms with van der Waals surface area (Å²) in [5.74, 6) is 0.0246. The van der Waals surface area contributed by atoms with Crippen LogP contribution in [0.3, 0.4) is 0 Å². The summed E-state index contributed by atoms with van der Waals surface area (Å²) in [6, 6.07) is 6.85. The molecule has 16 heavy (non-hydrogen) atoms. The van der Waals surface area contributed by atoms with E-state index in [4.69, 9.17) is 9.47 Å². The van der Waals surface area contributed by atoms with E-state index >= 15 is 0 Å². The highest BCUT2D eigenvalue weighted by atomic mass is 16.5. The fraction of sp³-hybridized carbons (Fsp3) is 0.333. The first-order chi connectivity index (χ1) is 7.70. The number of hydrogen-bond donors (Lipinski definition) is 0. The zero-order chi connectivity index (χ0) is 11.5. The fourth-order valence-corrected chi connectivity index (χ4v) is 1.67. The van der Waals surface area contributed by atoms with Gasteiger partial charge in [0.25, 0.3) is 0 Å². The molecule has 84 valence electrons. The molecule has 0 spiro atoms. The van der Waals surface area contributed by atoms with E-state index in [1.165, 1.54) is 0 Å². The van der Waals surface area contributed by atoms with Gasteiger partial charge in [-0.1, -0.05) is 0 Å². The molecule has 0 amide bonds. The molecule has 0 aliphatic carbocycles. The van der Waals surface area contributed by atoms with Crippen LogP contribution in [-0.2, 0) is 9.53 Å². The zero-order valence-corrected chi connectivity index (χ0v) is 8.93. The van der Waals surface area contributed by atoms with Crippen LogP contribution in [0, 0.1) is 5.92 Å². The number of Topliss-reactive ketones (excluding diaryl/α,β-unsaturated/α-hetero) is 1. The van der Waals surface area contributed by atoms with E-state index in [0.717, 1.165) is 0 Å². The smallest absolute Gasteiger partial charge is 0.306 e. The topological polar surface area (TPSA) is 52.6 Å². The van der Waals surface area contributed by atoms with Crippen molar-refractivity contribution in [3.05, 3.63) is 29.8 Å². The van der Waals surface area contributed by atoms with Crippen LogP contribution in [0.5, 0.6) is 5.75 Å². The Balaban J connectivity index is 2.11. The Labute approximate surface area is 93.2 Å². The van der Waals surface area contributed by atoms with Crippen LogP contribution in [0.25, 0.3) is 0 Å². The second-order valence-electron chi connectivity index (χ2n) is 3.68. The van der Waals surface area contributed by atoms with Gasteiger partial charge in [-0.25, -0.2) is 0 Å². The monoisotopic (exact) mass is 220 g/mol. The lowest BCUT2D eigenvalue weighted by Crippen LogP contribution is -2.14. The molecule has 2 rings (SSSR count). The van der Waals surface area contributed by atoms with Gasteiger partial charge in [0.1, 0.15) is 12.4 Å². The maximum absolute atomic E-state index is 11.9. The van der Waals surface area contributed by atoms with Gasteiger partial charge in [0, 0.05) is 5.56 Å². The van der Waals surface area contributed by atoms with Crippen molar-refractivity contribution in [2.24, 2.45) is 5.92 Å². The quantitative estimate of drug-likeness (QED) is 0.571. The summed E-state index contributed by atoms with van der Waals surface area (Å²) in [6.45, 7) is 0.198. The van der Waals surface area contributed by atoms with Crippen molar-refractivity contribution in [1.82, 2.24) is 0 Å². The molecule has 1 heterocycles. The van der Waals surface area contributed by atoms with Crippen molar-refractivity contribution in [3.8, 4) is 5.75 Å². The standard InChI is InChI=1S/C12H12O4/c1-15-10-4-2-8(3-5-10)12(14)9-6-11(13)16-7-9/h2-5,9H,6-7H2,1H3/t9-/m0/s1. The minimum absolute atomic E-state index is 0.0477. The summed E-state index contributed by atoms with van der Waals surface area (Å²) in [4.78, 5) is 22.8. The number of esters is 1. The first kappa shape index (κ1) is 10.7. The van der Waals surface area contributed by atoms with Crippen molar-refractivity contribution in [1.29, 1.82) is 0 Å². The number of cyclic esters (lactones) is 1. The first-order valence-electron chi connectivity index (χ1n) is 5.04. The highest BCUT2D eigenvalue weighted by Gasteiger charge is 2.30. The maximum Gasteiger partial charge on any atom is 0.306 e. The molecule has 0 radical (unpaired) electrons. The van der Waals surface area contributed by atoms with Gasteiger partial charge >= 0.3 is 5.97 Å². The Kier molecular flexibility index (Phi) is 2.90. The lowest BCUT2D eigenvalue weighted by Gasteiger charge is -2.06. The van der Waals surface area contributed by atoms with Gasteiger partial charge in [-0.2, -0.15) is 0 Å². The molecule has 1 saturated heterocycles. The number of ketones is 1. The Morgan fingerprint density at radius 2 is 2.06 bits per heavy atom. The highest BCUT2D eigenvalue weighted by Crippen LogP contribution is 2.21.